The predicted molar refractivity (Wildman–Crippen MR) is 80.9 cm³/mol. The number of halogens is 2. The first-order chi connectivity index (χ1) is 9.74. The molecule has 118 valence electrons. The van der Waals surface area contributed by atoms with Gasteiger partial charge in [0, 0.05) is 12.8 Å². The van der Waals surface area contributed by atoms with Crippen LogP contribution in [0, 0.1) is 23.0 Å². The highest BCUT2D eigenvalue weighted by Crippen LogP contribution is 2.32. The van der Waals surface area contributed by atoms with E-state index in [1.165, 1.54) is 6.07 Å². The Morgan fingerprint density at radius 2 is 1.86 bits per heavy atom. The molecule has 1 aromatic rings. The van der Waals surface area contributed by atoms with Gasteiger partial charge in [-0.05, 0) is 48.4 Å². The highest BCUT2D eigenvalue weighted by molar-refractivity contribution is 5.80. The summed E-state index contributed by atoms with van der Waals surface area (Å²) in [6.45, 7) is 7.05. The third-order valence-corrected chi connectivity index (χ3v) is 3.90. The molecule has 1 rings (SSSR count). The minimum atomic E-state index is -0.906. The largest absolute Gasteiger partial charge is 0.330 e. The van der Waals surface area contributed by atoms with Crippen LogP contribution in [0.1, 0.15) is 45.6 Å². The number of ketones is 1. The van der Waals surface area contributed by atoms with E-state index in [0.29, 0.717) is 24.4 Å². The molecule has 0 aliphatic rings. The Bertz CT molecular complexity index is 480. The van der Waals surface area contributed by atoms with Crippen molar-refractivity contribution in [2.45, 2.75) is 46.5 Å². The van der Waals surface area contributed by atoms with E-state index < -0.39 is 11.6 Å². The second-order valence-corrected chi connectivity index (χ2v) is 6.64. The molecule has 4 heteroatoms. The lowest BCUT2D eigenvalue weighted by Gasteiger charge is -2.30. The van der Waals surface area contributed by atoms with E-state index in [0.717, 1.165) is 25.0 Å². The standard InChI is InChI=1S/C17H25F2NO/c1-17(2,3)13(8-9-20)5-6-14(21)10-12-4-7-15(18)16(19)11-12/h4,7,11,13H,5-6,8-10,20H2,1-3H3. The normalized spacial score (nSPS) is 13.2. The molecular weight excluding hydrogens is 272 g/mol. The lowest BCUT2D eigenvalue weighted by molar-refractivity contribution is -0.118. The van der Waals surface area contributed by atoms with Crippen molar-refractivity contribution in [3.05, 3.63) is 35.4 Å². The van der Waals surface area contributed by atoms with Gasteiger partial charge in [-0.2, -0.15) is 0 Å². The Morgan fingerprint density at radius 3 is 2.38 bits per heavy atom. The zero-order valence-corrected chi connectivity index (χ0v) is 13.1. The first-order valence-corrected chi connectivity index (χ1v) is 7.39. The molecule has 0 radical (unpaired) electrons. The predicted octanol–water partition coefficient (Wildman–Crippen LogP) is 3.87. The molecule has 21 heavy (non-hydrogen) atoms. The number of Topliss-reactive ketones (excluding diaryl/α,β-unsaturated/α-hetero) is 1. The fourth-order valence-electron chi connectivity index (χ4n) is 2.51. The zero-order valence-electron chi connectivity index (χ0n) is 13.1. The van der Waals surface area contributed by atoms with Gasteiger partial charge in [-0.1, -0.05) is 26.8 Å². The van der Waals surface area contributed by atoms with Crippen molar-refractivity contribution in [1.29, 1.82) is 0 Å². The van der Waals surface area contributed by atoms with Crippen molar-refractivity contribution in [2.24, 2.45) is 17.1 Å². The zero-order chi connectivity index (χ0) is 16.0. The fraction of sp³-hybridized carbons (Fsp3) is 0.588. The number of nitrogens with two attached hydrogens (primary N) is 1. The van der Waals surface area contributed by atoms with Gasteiger partial charge in [-0.25, -0.2) is 8.78 Å². The molecule has 0 aromatic heterocycles. The van der Waals surface area contributed by atoms with E-state index in [-0.39, 0.29) is 17.6 Å². The molecule has 0 fully saturated rings. The molecule has 1 aromatic carbocycles. The summed E-state index contributed by atoms with van der Waals surface area (Å²) in [6, 6.07) is 3.61. The van der Waals surface area contributed by atoms with Gasteiger partial charge in [0.15, 0.2) is 11.6 Å². The molecule has 0 heterocycles. The van der Waals surface area contributed by atoms with Crippen molar-refractivity contribution < 1.29 is 13.6 Å². The van der Waals surface area contributed by atoms with Gasteiger partial charge in [-0.15, -0.1) is 0 Å². The van der Waals surface area contributed by atoms with Crippen molar-refractivity contribution in [1.82, 2.24) is 0 Å². The van der Waals surface area contributed by atoms with Crippen LogP contribution >= 0.6 is 0 Å². The topological polar surface area (TPSA) is 43.1 Å². The fourth-order valence-corrected chi connectivity index (χ4v) is 2.51. The number of carbonyl (C=O) groups excluding carboxylic acids is 1. The summed E-state index contributed by atoms with van der Waals surface area (Å²) in [4.78, 5) is 12.0. The summed E-state index contributed by atoms with van der Waals surface area (Å²) < 4.78 is 25.9. The second-order valence-electron chi connectivity index (χ2n) is 6.64. The SMILES string of the molecule is CC(C)(C)C(CCN)CCC(=O)Cc1ccc(F)c(F)c1. The van der Waals surface area contributed by atoms with Crippen LogP contribution in [0.15, 0.2) is 18.2 Å². The summed E-state index contributed by atoms with van der Waals surface area (Å²) in [5, 5.41) is 0. The number of benzene rings is 1. The molecule has 0 aliphatic carbocycles. The van der Waals surface area contributed by atoms with Gasteiger partial charge in [-0.3, -0.25) is 4.79 Å². The van der Waals surface area contributed by atoms with Crippen LogP contribution in [0.3, 0.4) is 0 Å². The second kappa shape index (κ2) is 7.64. The van der Waals surface area contributed by atoms with E-state index in [4.69, 9.17) is 5.73 Å². The van der Waals surface area contributed by atoms with Crippen LogP contribution in [0.5, 0.6) is 0 Å². The molecule has 0 saturated carbocycles. The van der Waals surface area contributed by atoms with Gasteiger partial charge in [0.05, 0.1) is 0 Å². The average molecular weight is 297 g/mol. The summed E-state index contributed by atoms with van der Waals surface area (Å²) in [5.41, 5.74) is 6.26. The van der Waals surface area contributed by atoms with E-state index in [2.05, 4.69) is 20.8 Å². The summed E-state index contributed by atoms with van der Waals surface area (Å²) in [7, 11) is 0. The van der Waals surface area contributed by atoms with Gasteiger partial charge in [0.25, 0.3) is 0 Å². The Labute approximate surface area is 125 Å². The van der Waals surface area contributed by atoms with Crippen LogP contribution < -0.4 is 5.73 Å². The van der Waals surface area contributed by atoms with E-state index in [1.807, 2.05) is 0 Å². The van der Waals surface area contributed by atoms with Crippen molar-refractivity contribution in [2.75, 3.05) is 6.54 Å². The number of hydrogen-bond donors (Lipinski definition) is 1. The third kappa shape index (κ3) is 5.92. The highest BCUT2D eigenvalue weighted by Gasteiger charge is 2.24. The molecule has 0 aliphatic heterocycles. The molecule has 0 bridgehead atoms. The average Bonchev–Trinajstić information content (AvgIpc) is 2.37. The monoisotopic (exact) mass is 297 g/mol. The first kappa shape index (κ1) is 17.8. The van der Waals surface area contributed by atoms with Gasteiger partial charge >= 0.3 is 0 Å². The number of carbonyl (C=O) groups is 1. The highest BCUT2D eigenvalue weighted by atomic mass is 19.2. The molecular formula is C17H25F2NO. The summed E-state index contributed by atoms with van der Waals surface area (Å²) in [6.07, 6.45) is 2.27. The van der Waals surface area contributed by atoms with Gasteiger partial charge in [0.2, 0.25) is 0 Å². The van der Waals surface area contributed by atoms with Crippen LogP contribution in [0.2, 0.25) is 0 Å². The van der Waals surface area contributed by atoms with Crippen molar-refractivity contribution in [3.63, 3.8) is 0 Å². The Morgan fingerprint density at radius 1 is 1.19 bits per heavy atom. The maximum Gasteiger partial charge on any atom is 0.159 e. The van der Waals surface area contributed by atoms with E-state index in [1.54, 1.807) is 0 Å². The van der Waals surface area contributed by atoms with Gasteiger partial charge < -0.3 is 5.73 Å². The van der Waals surface area contributed by atoms with Crippen LogP contribution in [0.4, 0.5) is 8.78 Å². The minimum Gasteiger partial charge on any atom is -0.330 e. The molecule has 1 unspecified atom stereocenters. The molecule has 0 amide bonds. The third-order valence-electron chi connectivity index (χ3n) is 3.90. The molecule has 2 nitrogen and oxygen atoms in total. The van der Waals surface area contributed by atoms with E-state index >= 15 is 0 Å². The maximum atomic E-state index is 13.1. The molecule has 2 N–H and O–H groups in total. The van der Waals surface area contributed by atoms with Crippen LogP contribution in [-0.4, -0.2) is 12.3 Å². The molecule has 0 spiro atoms. The molecule has 0 saturated heterocycles. The van der Waals surface area contributed by atoms with Crippen LogP contribution in [0.25, 0.3) is 0 Å². The summed E-state index contributed by atoms with van der Waals surface area (Å²) in [5.74, 6) is -1.36. The van der Waals surface area contributed by atoms with E-state index in [9.17, 15) is 13.6 Å². The van der Waals surface area contributed by atoms with Crippen molar-refractivity contribution >= 4 is 5.78 Å². The quantitative estimate of drug-likeness (QED) is 0.830. The summed E-state index contributed by atoms with van der Waals surface area (Å²) >= 11 is 0. The Kier molecular flexibility index (Phi) is 6.46. The first-order valence-electron chi connectivity index (χ1n) is 7.39. The lowest BCUT2D eigenvalue weighted by atomic mass is 9.76. The van der Waals surface area contributed by atoms with Gasteiger partial charge in [0.1, 0.15) is 5.78 Å². The number of rotatable bonds is 7. The maximum absolute atomic E-state index is 13.1. The smallest absolute Gasteiger partial charge is 0.159 e. The molecule has 1 atom stereocenters. The Hall–Kier alpha value is -1.29. The number of hydrogen-bond acceptors (Lipinski definition) is 2. The lowest BCUT2D eigenvalue weighted by Crippen LogP contribution is -2.24. The van der Waals surface area contributed by atoms with Crippen LogP contribution in [-0.2, 0) is 11.2 Å². The Balaban J connectivity index is 2.54. The minimum absolute atomic E-state index is 0.0484. The van der Waals surface area contributed by atoms with Crippen molar-refractivity contribution in [3.8, 4) is 0 Å².